The smallest absolute Gasteiger partial charge is 0.325 e. The van der Waals surface area contributed by atoms with Gasteiger partial charge in [0.25, 0.3) is 0 Å². The molecular formula is C7H11NO4. The zero-order valence-electron chi connectivity index (χ0n) is 6.83. The third-order valence-corrected chi connectivity index (χ3v) is 2.12. The lowest BCUT2D eigenvalue weighted by atomic mass is 10.2. The van der Waals surface area contributed by atoms with Crippen LogP contribution in [0.4, 0.5) is 0 Å². The Bertz CT molecular complexity index is 202. The van der Waals surface area contributed by atoms with Gasteiger partial charge in [-0.1, -0.05) is 0 Å². The number of nitrogens with one attached hydrogen (secondary N) is 1. The molecule has 2 aliphatic heterocycles. The van der Waals surface area contributed by atoms with E-state index in [1.165, 1.54) is 7.11 Å². The number of rotatable bonds is 1. The predicted octanol–water partition coefficient (Wildman–Crippen LogP) is -1.13. The molecule has 2 aliphatic rings. The molecule has 0 amide bonds. The first-order chi connectivity index (χ1) is 5.76. The molecule has 0 radical (unpaired) electrons. The maximum atomic E-state index is 11.0. The van der Waals surface area contributed by atoms with E-state index in [0.29, 0.717) is 19.8 Å². The van der Waals surface area contributed by atoms with Crippen LogP contribution in [0, 0.1) is 0 Å². The number of carbonyl (C=O) groups excluding carboxylic acids is 1. The molecule has 0 aromatic heterocycles. The first kappa shape index (κ1) is 7.97. The van der Waals surface area contributed by atoms with Crippen molar-refractivity contribution in [3.63, 3.8) is 0 Å². The summed E-state index contributed by atoms with van der Waals surface area (Å²) in [5.41, 5.74) is -0.404. The fraction of sp³-hybridized carbons (Fsp3) is 0.857. The Labute approximate surface area is 70.0 Å². The van der Waals surface area contributed by atoms with Gasteiger partial charge in [0, 0.05) is 0 Å². The molecule has 2 fully saturated rings. The van der Waals surface area contributed by atoms with Crippen molar-refractivity contribution in [2.24, 2.45) is 0 Å². The third kappa shape index (κ3) is 1.10. The topological polar surface area (TPSA) is 56.8 Å². The fourth-order valence-corrected chi connectivity index (χ4v) is 1.37. The van der Waals surface area contributed by atoms with Gasteiger partial charge in [-0.3, -0.25) is 10.1 Å². The molecule has 0 aliphatic carbocycles. The summed E-state index contributed by atoms with van der Waals surface area (Å²) >= 11 is 0. The van der Waals surface area contributed by atoms with E-state index in [9.17, 15) is 4.79 Å². The molecule has 5 heteroatoms. The van der Waals surface area contributed by atoms with Crippen molar-refractivity contribution in [2.45, 2.75) is 11.8 Å². The summed E-state index contributed by atoms with van der Waals surface area (Å²) in [6, 6.07) is -0.334. The average molecular weight is 173 g/mol. The van der Waals surface area contributed by atoms with Crippen molar-refractivity contribution in [2.75, 3.05) is 26.9 Å². The van der Waals surface area contributed by atoms with Gasteiger partial charge in [-0.2, -0.15) is 0 Å². The minimum atomic E-state index is -0.404. The zero-order valence-corrected chi connectivity index (χ0v) is 6.83. The highest BCUT2D eigenvalue weighted by Crippen LogP contribution is 2.24. The van der Waals surface area contributed by atoms with Crippen molar-refractivity contribution in [3.05, 3.63) is 0 Å². The Morgan fingerprint density at radius 3 is 2.83 bits per heavy atom. The number of esters is 1. The van der Waals surface area contributed by atoms with Gasteiger partial charge in [0.2, 0.25) is 0 Å². The molecule has 1 unspecified atom stereocenters. The van der Waals surface area contributed by atoms with Crippen LogP contribution in [0.1, 0.15) is 0 Å². The standard InChI is InChI=1S/C7H11NO4/c1-10-6(9)5-2-12-7(8-5)3-11-4-7/h5,8H,2-4H2,1H3. The Morgan fingerprint density at radius 2 is 2.42 bits per heavy atom. The summed E-state index contributed by atoms with van der Waals surface area (Å²) < 4.78 is 14.9. The molecule has 0 saturated carbocycles. The summed E-state index contributed by atoms with van der Waals surface area (Å²) in [5, 5.41) is 3.03. The van der Waals surface area contributed by atoms with E-state index in [1.54, 1.807) is 0 Å². The maximum absolute atomic E-state index is 11.0. The monoisotopic (exact) mass is 173 g/mol. The molecule has 0 aromatic carbocycles. The molecule has 12 heavy (non-hydrogen) atoms. The van der Waals surface area contributed by atoms with Crippen molar-refractivity contribution < 1.29 is 19.0 Å². The van der Waals surface area contributed by atoms with Crippen molar-refractivity contribution in [1.82, 2.24) is 5.32 Å². The number of methoxy groups -OCH3 is 1. The van der Waals surface area contributed by atoms with Crippen LogP contribution in [-0.4, -0.2) is 44.7 Å². The SMILES string of the molecule is COC(=O)C1COC2(COC2)N1. The quantitative estimate of drug-likeness (QED) is 0.509. The summed E-state index contributed by atoms with van der Waals surface area (Å²) in [6.45, 7) is 1.40. The first-order valence-electron chi connectivity index (χ1n) is 3.83. The highest BCUT2D eigenvalue weighted by molar-refractivity contribution is 5.76. The van der Waals surface area contributed by atoms with Crippen LogP contribution >= 0.6 is 0 Å². The van der Waals surface area contributed by atoms with Crippen LogP contribution in [0.2, 0.25) is 0 Å². The lowest BCUT2D eigenvalue weighted by molar-refractivity contribution is -0.195. The van der Waals surface area contributed by atoms with Gasteiger partial charge in [-0.05, 0) is 0 Å². The summed E-state index contributed by atoms with van der Waals surface area (Å²) in [4.78, 5) is 11.0. The lowest BCUT2D eigenvalue weighted by Crippen LogP contribution is -2.60. The highest BCUT2D eigenvalue weighted by atomic mass is 16.6. The third-order valence-electron chi connectivity index (χ3n) is 2.12. The molecule has 1 N–H and O–H groups in total. The van der Waals surface area contributed by atoms with Gasteiger partial charge >= 0.3 is 5.97 Å². The van der Waals surface area contributed by atoms with Crippen molar-refractivity contribution >= 4 is 5.97 Å². The maximum Gasteiger partial charge on any atom is 0.325 e. The molecule has 0 aromatic rings. The van der Waals surface area contributed by atoms with Crippen LogP contribution in [-0.2, 0) is 19.0 Å². The first-order valence-corrected chi connectivity index (χ1v) is 3.83. The molecular weight excluding hydrogens is 162 g/mol. The molecule has 1 atom stereocenters. The van der Waals surface area contributed by atoms with Crippen LogP contribution in [0.15, 0.2) is 0 Å². The van der Waals surface area contributed by atoms with E-state index >= 15 is 0 Å². The Hall–Kier alpha value is -0.650. The van der Waals surface area contributed by atoms with E-state index in [1.807, 2.05) is 0 Å². The summed E-state index contributed by atoms with van der Waals surface area (Å²) in [7, 11) is 1.37. The fourth-order valence-electron chi connectivity index (χ4n) is 1.37. The summed E-state index contributed by atoms with van der Waals surface area (Å²) in [6.07, 6.45) is 0. The van der Waals surface area contributed by atoms with Crippen molar-refractivity contribution in [1.29, 1.82) is 0 Å². The largest absolute Gasteiger partial charge is 0.468 e. The predicted molar refractivity (Wildman–Crippen MR) is 38.4 cm³/mol. The second-order valence-corrected chi connectivity index (χ2v) is 3.02. The van der Waals surface area contributed by atoms with Gasteiger partial charge in [-0.15, -0.1) is 0 Å². The van der Waals surface area contributed by atoms with E-state index < -0.39 is 5.72 Å². The van der Waals surface area contributed by atoms with Gasteiger partial charge in [0.15, 0.2) is 5.72 Å². The Balaban J connectivity index is 1.93. The molecule has 1 spiro atoms. The summed E-state index contributed by atoms with van der Waals surface area (Å²) in [5.74, 6) is -0.279. The van der Waals surface area contributed by atoms with Gasteiger partial charge in [-0.25, -0.2) is 0 Å². The number of hydrogen-bond acceptors (Lipinski definition) is 5. The molecule has 2 heterocycles. The van der Waals surface area contributed by atoms with Gasteiger partial charge in [0.1, 0.15) is 6.04 Å². The van der Waals surface area contributed by atoms with Crippen LogP contribution in [0.25, 0.3) is 0 Å². The van der Waals surface area contributed by atoms with Crippen molar-refractivity contribution in [3.8, 4) is 0 Å². The molecule has 5 nitrogen and oxygen atoms in total. The van der Waals surface area contributed by atoms with Gasteiger partial charge < -0.3 is 14.2 Å². The van der Waals surface area contributed by atoms with E-state index in [0.717, 1.165) is 0 Å². The minimum absolute atomic E-state index is 0.279. The van der Waals surface area contributed by atoms with E-state index in [-0.39, 0.29) is 12.0 Å². The number of carbonyl (C=O) groups is 1. The lowest BCUT2D eigenvalue weighted by Gasteiger charge is -2.36. The van der Waals surface area contributed by atoms with Crippen LogP contribution in [0.5, 0.6) is 0 Å². The van der Waals surface area contributed by atoms with Crippen LogP contribution in [0.3, 0.4) is 0 Å². The molecule has 2 saturated heterocycles. The van der Waals surface area contributed by atoms with E-state index in [4.69, 9.17) is 9.47 Å². The number of ether oxygens (including phenoxy) is 3. The minimum Gasteiger partial charge on any atom is -0.468 e. The molecule has 2 rings (SSSR count). The average Bonchev–Trinajstić information content (AvgIpc) is 2.46. The van der Waals surface area contributed by atoms with Gasteiger partial charge in [0.05, 0.1) is 26.9 Å². The number of hydrogen-bond donors (Lipinski definition) is 1. The Kier molecular flexibility index (Phi) is 1.79. The molecule has 0 bridgehead atoms. The second-order valence-electron chi connectivity index (χ2n) is 3.02. The highest BCUT2D eigenvalue weighted by Gasteiger charge is 2.48. The second kappa shape index (κ2) is 2.69. The Morgan fingerprint density at radius 1 is 1.67 bits per heavy atom. The van der Waals surface area contributed by atoms with Crippen LogP contribution < -0.4 is 5.32 Å². The van der Waals surface area contributed by atoms with E-state index in [2.05, 4.69) is 10.1 Å². The molecule has 68 valence electrons. The zero-order chi connectivity index (χ0) is 8.60. The normalized spacial score (nSPS) is 31.6.